The van der Waals surface area contributed by atoms with Crippen LogP contribution in [0.1, 0.15) is 12.7 Å². The molecule has 0 bridgehead atoms. The van der Waals surface area contributed by atoms with Crippen molar-refractivity contribution in [3.05, 3.63) is 76.5 Å². The van der Waals surface area contributed by atoms with Crippen molar-refractivity contribution < 1.29 is 48.9 Å². The van der Waals surface area contributed by atoms with Crippen LogP contribution in [0.3, 0.4) is 0 Å². The van der Waals surface area contributed by atoms with E-state index in [-0.39, 0.29) is 18.3 Å². The largest absolute Gasteiger partial charge is 0.479 e. The van der Waals surface area contributed by atoms with Gasteiger partial charge in [0.05, 0.1) is 30.2 Å². The molecule has 0 spiro atoms. The number of anilines is 2. The number of nitro groups is 1. The normalized spacial score (nSPS) is 15.3. The predicted molar refractivity (Wildman–Crippen MR) is 170 cm³/mol. The zero-order valence-electron chi connectivity index (χ0n) is 25.7. The van der Waals surface area contributed by atoms with Gasteiger partial charge < -0.3 is 39.4 Å². The first-order valence-corrected chi connectivity index (χ1v) is 14.9. The van der Waals surface area contributed by atoms with Gasteiger partial charge in [-0.2, -0.15) is 10.1 Å². The lowest BCUT2D eigenvalue weighted by Crippen LogP contribution is -2.39. The summed E-state index contributed by atoms with van der Waals surface area (Å²) in [5, 5.41) is 47.7. The third-order valence-corrected chi connectivity index (χ3v) is 7.49. The lowest BCUT2D eigenvalue weighted by atomic mass is 10.1. The van der Waals surface area contributed by atoms with Crippen molar-refractivity contribution in [2.75, 3.05) is 45.2 Å². The van der Waals surface area contributed by atoms with E-state index in [1.807, 2.05) is 11.8 Å². The number of carboxylic acid groups (broad SMARTS) is 2. The van der Waals surface area contributed by atoms with Gasteiger partial charge in [-0.1, -0.05) is 43.0 Å². The summed E-state index contributed by atoms with van der Waals surface area (Å²) in [7, 11) is 4.29. The minimum absolute atomic E-state index is 0.200. The first-order chi connectivity index (χ1) is 22.3. The molecule has 0 saturated carbocycles. The number of aliphatic hydroxyl groups excluding tert-OH is 2. The summed E-state index contributed by atoms with van der Waals surface area (Å²) in [6.45, 7) is 5.13. The number of benzene rings is 2. The van der Waals surface area contributed by atoms with Gasteiger partial charge in [0.25, 0.3) is 0 Å². The van der Waals surface area contributed by atoms with Gasteiger partial charge in [-0.3, -0.25) is 10.1 Å². The summed E-state index contributed by atoms with van der Waals surface area (Å²) in [4.78, 5) is 47.6. The van der Waals surface area contributed by atoms with Crippen LogP contribution in [-0.4, -0.2) is 112 Å². The van der Waals surface area contributed by atoms with Crippen molar-refractivity contribution in [1.82, 2.24) is 9.91 Å². The van der Waals surface area contributed by atoms with E-state index in [9.17, 15) is 24.5 Å². The highest BCUT2D eigenvalue weighted by molar-refractivity contribution is 7.99. The summed E-state index contributed by atoms with van der Waals surface area (Å²) < 4.78 is 9.44. The van der Waals surface area contributed by atoms with E-state index in [1.54, 1.807) is 0 Å². The number of hydrogen-bond donors (Lipinski definition) is 4. The molecule has 2 aliphatic heterocycles. The number of cyclic esters (lactones) is 1. The number of aliphatic hydroxyl groups is 2. The molecule has 1 aromatic heterocycles. The molecular formula is C30H35N5O11S. The van der Waals surface area contributed by atoms with E-state index in [4.69, 9.17) is 24.8 Å². The molecule has 17 heteroatoms. The number of carboxylic acids is 2. The van der Waals surface area contributed by atoms with Crippen LogP contribution >= 0.6 is 11.8 Å². The van der Waals surface area contributed by atoms with Gasteiger partial charge in [0.15, 0.2) is 18.0 Å². The Morgan fingerprint density at radius 3 is 2.02 bits per heavy atom. The molecule has 1 amide bonds. The zero-order valence-corrected chi connectivity index (χ0v) is 26.5. The van der Waals surface area contributed by atoms with E-state index in [1.165, 1.54) is 39.5 Å². The average Bonchev–Trinajstić information content (AvgIpc) is 3.68. The van der Waals surface area contributed by atoms with Crippen LogP contribution in [0.4, 0.5) is 22.1 Å². The van der Waals surface area contributed by atoms with Gasteiger partial charge in [0.1, 0.15) is 11.5 Å². The van der Waals surface area contributed by atoms with Crippen LogP contribution in [0.5, 0.6) is 0 Å². The molecule has 47 heavy (non-hydrogen) atoms. The van der Waals surface area contributed by atoms with Crippen molar-refractivity contribution in [3.8, 4) is 0 Å². The van der Waals surface area contributed by atoms with Crippen LogP contribution in [0.25, 0.3) is 0 Å². The topological polar surface area (TPSA) is 220 Å². The maximum atomic E-state index is 11.0. The Kier molecular flexibility index (Phi) is 13.3. The number of hydrazone groups is 1. The molecule has 3 unspecified atom stereocenters. The molecule has 2 aliphatic rings. The van der Waals surface area contributed by atoms with Crippen LogP contribution in [-0.2, 0) is 14.3 Å². The lowest BCUT2D eigenvalue weighted by Gasteiger charge is -2.35. The molecule has 252 valence electrons. The first-order valence-electron chi connectivity index (χ1n) is 14.1. The van der Waals surface area contributed by atoms with Crippen LogP contribution < -0.4 is 4.90 Å². The van der Waals surface area contributed by atoms with Crippen molar-refractivity contribution in [2.45, 2.75) is 28.9 Å². The number of hydrogen-bond acceptors (Lipinski definition) is 13. The van der Waals surface area contributed by atoms with E-state index in [0.717, 1.165) is 18.1 Å². The molecule has 3 atom stereocenters. The van der Waals surface area contributed by atoms with Gasteiger partial charge in [0, 0.05) is 22.9 Å². The number of ether oxygens (including phenoxy) is 1. The molecule has 16 nitrogen and oxygen atoms in total. The van der Waals surface area contributed by atoms with Gasteiger partial charge in [-0.05, 0) is 50.3 Å². The second-order valence-corrected chi connectivity index (χ2v) is 11.6. The standard InChI is InChI=1S/C18H22N2S.C8H7N3O5.C4H6O6/c1-14(12-19(2)3)13-20-15-8-4-6-10-17(15)21-18-11-7-5-9-16(18)20;12-8-10(3-4-15-8)9-5-6-1-2-7(16-6)11(13)14;5-1(3(7)8)2(6)4(9)10/h4-11,14H,12-13H2,1-3H3;1-2,5H,3-4H2;1-2,5-6H,(H,7,8)(H,9,10). The molecule has 5 rings (SSSR count). The fourth-order valence-electron chi connectivity index (χ4n) is 4.37. The number of furan rings is 1. The highest BCUT2D eigenvalue weighted by Crippen LogP contribution is 2.48. The van der Waals surface area contributed by atoms with Crippen molar-refractivity contribution >= 4 is 53.3 Å². The Morgan fingerprint density at radius 2 is 1.57 bits per heavy atom. The van der Waals surface area contributed by atoms with E-state index in [0.29, 0.717) is 12.5 Å². The molecule has 1 saturated heterocycles. The number of carbonyl (C=O) groups excluding carboxylic acids is 1. The summed E-state index contributed by atoms with van der Waals surface area (Å²) in [6, 6.07) is 20.0. The van der Waals surface area contributed by atoms with Crippen LogP contribution in [0.15, 0.2) is 80.0 Å². The van der Waals surface area contributed by atoms with Crippen molar-refractivity contribution in [3.63, 3.8) is 0 Å². The summed E-state index contributed by atoms with van der Waals surface area (Å²) in [5.41, 5.74) is 2.68. The number of rotatable bonds is 10. The third kappa shape index (κ3) is 10.5. The Labute approximate surface area is 273 Å². The maximum absolute atomic E-state index is 11.0. The number of amides is 1. The van der Waals surface area contributed by atoms with Crippen molar-refractivity contribution in [1.29, 1.82) is 0 Å². The third-order valence-electron chi connectivity index (χ3n) is 6.36. The average molecular weight is 674 g/mol. The molecule has 3 heterocycles. The fourth-order valence-corrected chi connectivity index (χ4v) is 5.46. The molecule has 2 aromatic carbocycles. The Morgan fingerprint density at radius 1 is 1.02 bits per heavy atom. The molecule has 4 N–H and O–H groups in total. The summed E-state index contributed by atoms with van der Waals surface area (Å²) in [5.74, 6) is -3.09. The SMILES string of the molecule is CC(CN(C)C)CN1c2ccccc2Sc2ccccc21.O=C(O)C(O)C(O)C(=O)O.O=C1OCCN1N=Cc1ccc([N+](=O)[O-])o1. The first kappa shape index (κ1) is 36.5. The number of fused-ring (bicyclic) bond motifs is 2. The maximum Gasteiger partial charge on any atom is 0.433 e. The van der Waals surface area contributed by atoms with Crippen LogP contribution in [0, 0.1) is 16.0 Å². The Hall–Kier alpha value is -4.97. The fraction of sp³-hybridized carbons (Fsp3) is 0.333. The summed E-state index contributed by atoms with van der Waals surface area (Å²) >= 11 is 1.88. The predicted octanol–water partition coefficient (Wildman–Crippen LogP) is 3.34. The molecule has 0 aliphatic carbocycles. The molecular weight excluding hydrogens is 638 g/mol. The van der Waals surface area contributed by atoms with Gasteiger partial charge in [0.2, 0.25) is 0 Å². The van der Waals surface area contributed by atoms with E-state index < -0.39 is 35.2 Å². The number of nitrogens with zero attached hydrogens (tertiary/aromatic N) is 5. The number of carbonyl (C=O) groups is 3. The lowest BCUT2D eigenvalue weighted by molar-refractivity contribution is -0.402. The number of aliphatic carboxylic acids is 2. The monoisotopic (exact) mass is 673 g/mol. The van der Waals surface area contributed by atoms with Gasteiger partial charge in [-0.15, -0.1) is 0 Å². The van der Waals surface area contributed by atoms with Gasteiger partial charge in [-0.25, -0.2) is 14.4 Å². The minimum Gasteiger partial charge on any atom is -0.479 e. The molecule has 1 fully saturated rings. The zero-order chi connectivity index (χ0) is 34.7. The second kappa shape index (κ2) is 17.1. The van der Waals surface area contributed by atoms with E-state index in [2.05, 4.69) is 89.2 Å². The van der Waals surface area contributed by atoms with Crippen molar-refractivity contribution in [2.24, 2.45) is 11.0 Å². The summed E-state index contributed by atoms with van der Waals surface area (Å²) in [6.07, 6.45) is -3.85. The highest BCUT2D eigenvalue weighted by Gasteiger charge is 2.29. The minimum atomic E-state index is -2.27. The Bertz CT molecular complexity index is 1520. The van der Waals surface area contributed by atoms with E-state index >= 15 is 0 Å². The quantitative estimate of drug-likeness (QED) is 0.138. The number of para-hydroxylation sites is 2. The molecule has 0 radical (unpaired) electrons. The Balaban J connectivity index is 0.000000205. The van der Waals surface area contributed by atoms with Crippen LogP contribution in [0.2, 0.25) is 0 Å². The van der Waals surface area contributed by atoms with Gasteiger partial charge >= 0.3 is 23.9 Å². The second-order valence-electron chi connectivity index (χ2n) is 10.5. The molecule has 3 aromatic rings. The smallest absolute Gasteiger partial charge is 0.433 e. The highest BCUT2D eigenvalue weighted by atomic mass is 32.2.